The Bertz CT molecular complexity index is 1200. The number of nitrogens with one attached hydrogen (secondary N) is 2. The standard InChI is InChI=1S/C34H46ClN3O3/c1-22(2)19-31(34(41)36-30-14-6-5-11-27(30)25-9-7-10-26(35)20-25)37-33(40)29-13-8-12-28(29)32(39)24-17-15-23(16-18-24)21-38(3)4/h7,9-10,15-18,20,22,27-31H,5-6,8,11-14,19,21H2,1-4H3,(H,36,41)(H,37,40)/t27-,28?,29?,30+,31-/m0/s1. The molecule has 0 spiro atoms. The lowest BCUT2D eigenvalue weighted by Crippen LogP contribution is -2.53. The van der Waals surface area contributed by atoms with Gasteiger partial charge in [0, 0.05) is 40.9 Å². The lowest BCUT2D eigenvalue weighted by molar-refractivity contribution is -0.132. The van der Waals surface area contributed by atoms with Crippen LogP contribution < -0.4 is 10.6 Å². The number of halogens is 1. The molecule has 0 aliphatic heterocycles. The van der Waals surface area contributed by atoms with Crippen molar-refractivity contribution in [2.45, 2.75) is 89.8 Å². The summed E-state index contributed by atoms with van der Waals surface area (Å²) in [5.74, 6) is -0.645. The third-order valence-corrected chi connectivity index (χ3v) is 8.87. The highest BCUT2D eigenvalue weighted by Crippen LogP contribution is 2.36. The van der Waals surface area contributed by atoms with Gasteiger partial charge in [-0.25, -0.2) is 0 Å². The van der Waals surface area contributed by atoms with Gasteiger partial charge < -0.3 is 15.5 Å². The molecule has 0 bridgehead atoms. The van der Waals surface area contributed by atoms with Gasteiger partial charge >= 0.3 is 0 Å². The van der Waals surface area contributed by atoms with Crippen molar-refractivity contribution in [3.05, 3.63) is 70.2 Å². The molecule has 2 aromatic carbocycles. The number of ketones is 1. The molecule has 0 saturated heterocycles. The van der Waals surface area contributed by atoms with E-state index in [1.54, 1.807) is 0 Å². The van der Waals surface area contributed by atoms with E-state index in [2.05, 4.69) is 35.4 Å². The van der Waals surface area contributed by atoms with Crippen molar-refractivity contribution < 1.29 is 14.4 Å². The van der Waals surface area contributed by atoms with Crippen LogP contribution in [0.15, 0.2) is 48.5 Å². The summed E-state index contributed by atoms with van der Waals surface area (Å²) in [6.07, 6.45) is 6.81. The molecule has 4 rings (SSSR count). The van der Waals surface area contributed by atoms with Crippen molar-refractivity contribution in [1.29, 1.82) is 0 Å². The molecule has 6 nitrogen and oxygen atoms in total. The summed E-state index contributed by atoms with van der Waals surface area (Å²) < 4.78 is 0. The smallest absolute Gasteiger partial charge is 0.242 e. The second kappa shape index (κ2) is 14.5. The highest BCUT2D eigenvalue weighted by Gasteiger charge is 2.39. The molecule has 0 radical (unpaired) electrons. The quantitative estimate of drug-likeness (QED) is 0.303. The first-order valence-electron chi connectivity index (χ1n) is 15.3. The number of benzene rings is 2. The number of amides is 2. The van der Waals surface area contributed by atoms with Crippen LogP contribution >= 0.6 is 11.6 Å². The fraction of sp³-hybridized carbons (Fsp3) is 0.559. The fourth-order valence-corrected chi connectivity index (χ4v) is 6.84. The molecular weight excluding hydrogens is 534 g/mol. The predicted octanol–water partition coefficient (Wildman–Crippen LogP) is 6.37. The minimum atomic E-state index is -0.633. The highest BCUT2D eigenvalue weighted by molar-refractivity contribution is 6.30. The van der Waals surface area contributed by atoms with Crippen molar-refractivity contribution in [3.8, 4) is 0 Å². The molecule has 2 amide bonds. The number of hydrogen-bond donors (Lipinski definition) is 2. The molecule has 2 saturated carbocycles. The molecule has 0 aromatic heterocycles. The van der Waals surface area contributed by atoms with Crippen LogP contribution in [0.5, 0.6) is 0 Å². The molecule has 2 aliphatic rings. The van der Waals surface area contributed by atoms with E-state index in [1.807, 2.05) is 56.6 Å². The third-order valence-electron chi connectivity index (χ3n) is 8.64. The zero-order valence-corrected chi connectivity index (χ0v) is 25.8. The number of nitrogens with zero attached hydrogens (tertiary/aromatic N) is 1. The second-order valence-corrected chi connectivity index (χ2v) is 13.1. The van der Waals surface area contributed by atoms with Crippen molar-refractivity contribution in [2.75, 3.05) is 14.1 Å². The largest absolute Gasteiger partial charge is 0.351 e. The number of carbonyl (C=O) groups excluding carboxylic acids is 3. The molecule has 2 aromatic rings. The number of hydrogen-bond acceptors (Lipinski definition) is 4. The van der Waals surface area contributed by atoms with Gasteiger partial charge in [-0.2, -0.15) is 0 Å². The van der Waals surface area contributed by atoms with Crippen LogP contribution in [0.25, 0.3) is 0 Å². The maximum absolute atomic E-state index is 13.7. The van der Waals surface area contributed by atoms with E-state index in [0.29, 0.717) is 29.8 Å². The summed E-state index contributed by atoms with van der Waals surface area (Å²) in [6, 6.07) is 15.0. The Morgan fingerprint density at radius 2 is 1.63 bits per heavy atom. The first-order chi connectivity index (χ1) is 19.6. The number of carbonyl (C=O) groups is 3. The summed E-state index contributed by atoms with van der Waals surface area (Å²) in [5, 5.41) is 7.08. The average molecular weight is 580 g/mol. The van der Waals surface area contributed by atoms with Crippen molar-refractivity contribution >= 4 is 29.2 Å². The van der Waals surface area contributed by atoms with E-state index in [4.69, 9.17) is 11.6 Å². The fourth-order valence-electron chi connectivity index (χ4n) is 6.65. The Hall–Kier alpha value is -2.70. The lowest BCUT2D eigenvalue weighted by atomic mass is 9.80. The van der Waals surface area contributed by atoms with Gasteiger partial charge in [-0.1, -0.05) is 81.1 Å². The monoisotopic (exact) mass is 579 g/mol. The van der Waals surface area contributed by atoms with Gasteiger partial charge in [-0.3, -0.25) is 14.4 Å². The van der Waals surface area contributed by atoms with E-state index in [0.717, 1.165) is 49.8 Å². The van der Waals surface area contributed by atoms with E-state index >= 15 is 0 Å². The van der Waals surface area contributed by atoms with Crippen molar-refractivity contribution in [3.63, 3.8) is 0 Å². The zero-order chi connectivity index (χ0) is 29.5. The molecule has 2 fully saturated rings. The van der Waals surface area contributed by atoms with Gasteiger partial charge in [0.1, 0.15) is 6.04 Å². The van der Waals surface area contributed by atoms with Crippen LogP contribution in [0, 0.1) is 17.8 Å². The Labute approximate surface area is 250 Å². The highest BCUT2D eigenvalue weighted by atomic mass is 35.5. The third kappa shape index (κ3) is 8.42. The molecule has 0 heterocycles. The molecule has 2 N–H and O–H groups in total. The maximum atomic E-state index is 13.7. The summed E-state index contributed by atoms with van der Waals surface area (Å²) in [7, 11) is 4.03. The molecule has 5 atom stereocenters. The van der Waals surface area contributed by atoms with Gasteiger partial charge in [0.15, 0.2) is 5.78 Å². The van der Waals surface area contributed by atoms with Crippen LogP contribution in [-0.4, -0.2) is 48.7 Å². The Morgan fingerprint density at radius 3 is 2.32 bits per heavy atom. The number of Topliss-reactive ketones (excluding diaryl/α,β-unsaturated/α-hetero) is 1. The van der Waals surface area contributed by atoms with Crippen molar-refractivity contribution in [2.24, 2.45) is 17.8 Å². The minimum absolute atomic E-state index is 0.00226. The number of rotatable bonds is 11. The van der Waals surface area contributed by atoms with Gasteiger partial charge in [-0.05, 0) is 75.4 Å². The first kappa shape index (κ1) is 31.2. The Balaban J connectivity index is 1.43. The Morgan fingerprint density at radius 1 is 0.927 bits per heavy atom. The first-order valence-corrected chi connectivity index (χ1v) is 15.6. The summed E-state index contributed by atoms with van der Waals surface area (Å²) >= 11 is 6.28. The van der Waals surface area contributed by atoms with Crippen LogP contribution in [0.2, 0.25) is 5.02 Å². The maximum Gasteiger partial charge on any atom is 0.242 e. The molecular formula is C34H46ClN3O3. The van der Waals surface area contributed by atoms with Crippen molar-refractivity contribution in [1.82, 2.24) is 15.5 Å². The van der Waals surface area contributed by atoms with Gasteiger partial charge in [0.25, 0.3) is 0 Å². The van der Waals surface area contributed by atoms with E-state index in [-0.39, 0.29) is 41.4 Å². The summed E-state index contributed by atoms with van der Waals surface area (Å²) in [4.78, 5) is 42.8. The SMILES string of the molecule is CC(C)C[C@H](NC(=O)C1CCCC1C(=O)c1ccc(CN(C)C)cc1)C(=O)N[C@@H]1CCCC[C@H]1c1cccc(Cl)c1. The van der Waals surface area contributed by atoms with Crippen LogP contribution in [0.4, 0.5) is 0 Å². The topological polar surface area (TPSA) is 78.5 Å². The molecule has 2 unspecified atom stereocenters. The second-order valence-electron chi connectivity index (χ2n) is 12.7. The molecule has 7 heteroatoms. The van der Waals surface area contributed by atoms with E-state index in [9.17, 15) is 14.4 Å². The van der Waals surface area contributed by atoms with Gasteiger partial charge in [0.2, 0.25) is 11.8 Å². The zero-order valence-electron chi connectivity index (χ0n) is 25.0. The summed E-state index contributed by atoms with van der Waals surface area (Å²) in [6.45, 7) is 4.93. The normalized spacial score (nSPS) is 23.4. The molecule has 2 aliphatic carbocycles. The Kier molecular flexibility index (Phi) is 11.0. The van der Waals surface area contributed by atoms with Crippen LogP contribution in [0.1, 0.15) is 92.6 Å². The van der Waals surface area contributed by atoms with Crippen LogP contribution in [-0.2, 0) is 16.1 Å². The van der Waals surface area contributed by atoms with Crippen LogP contribution in [0.3, 0.4) is 0 Å². The molecule has 222 valence electrons. The van der Waals surface area contributed by atoms with E-state index < -0.39 is 12.0 Å². The molecule has 41 heavy (non-hydrogen) atoms. The van der Waals surface area contributed by atoms with E-state index in [1.165, 1.54) is 0 Å². The lowest BCUT2D eigenvalue weighted by Gasteiger charge is -2.34. The van der Waals surface area contributed by atoms with Gasteiger partial charge in [0.05, 0.1) is 0 Å². The average Bonchev–Trinajstić information content (AvgIpc) is 3.43. The van der Waals surface area contributed by atoms with Gasteiger partial charge in [-0.15, -0.1) is 0 Å². The predicted molar refractivity (Wildman–Crippen MR) is 165 cm³/mol. The summed E-state index contributed by atoms with van der Waals surface area (Å²) in [5.41, 5.74) is 2.94. The minimum Gasteiger partial charge on any atom is -0.351 e.